The van der Waals surface area contributed by atoms with Crippen molar-refractivity contribution in [2.24, 2.45) is 13.0 Å². The number of hydrogen-bond donors (Lipinski definition) is 0. The lowest BCUT2D eigenvalue weighted by molar-refractivity contribution is 0.0672. The number of hydrogen-bond acceptors (Lipinski definition) is 2. The Bertz CT molecular complexity index is 382. The zero-order chi connectivity index (χ0) is 11.7. The van der Waals surface area contributed by atoms with E-state index in [9.17, 15) is 4.79 Å². The Morgan fingerprint density at radius 2 is 2.38 bits per heavy atom. The molecular weight excluding hydrogens is 226 g/mol. The zero-order valence-electron chi connectivity index (χ0n) is 9.61. The van der Waals surface area contributed by atoms with Crippen LogP contribution in [0.15, 0.2) is 6.20 Å². The molecule has 88 valence electrons. The second-order valence-electron chi connectivity index (χ2n) is 4.46. The molecular formula is C11H16ClN3O. The van der Waals surface area contributed by atoms with E-state index in [0.29, 0.717) is 16.6 Å². The molecule has 0 N–H and O–H groups in total. The standard InChI is InChI=1S/C11H16ClN3O/c1-8-4-3-5-15(7-8)11(16)10-9(12)6-13-14(10)2/h6,8H,3-5,7H2,1-2H3. The smallest absolute Gasteiger partial charge is 0.273 e. The van der Waals surface area contributed by atoms with E-state index in [1.54, 1.807) is 11.7 Å². The number of carbonyl (C=O) groups is 1. The Morgan fingerprint density at radius 1 is 1.62 bits per heavy atom. The summed E-state index contributed by atoms with van der Waals surface area (Å²) >= 11 is 5.96. The van der Waals surface area contributed by atoms with Crippen LogP contribution in [-0.2, 0) is 7.05 Å². The molecule has 0 aromatic carbocycles. The van der Waals surface area contributed by atoms with E-state index in [0.717, 1.165) is 19.5 Å². The van der Waals surface area contributed by atoms with Crippen molar-refractivity contribution >= 4 is 17.5 Å². The topological polar surface area (TPSA) is 38.1 Å². The number of piperidine rings is 1. The van der Waals surface area contributed by atoms with Gasteiger partial charge in [-0.15, -0.1) is 0 Å². The molecule has 1 saturated heterocycles. The van der Waals surface area contributed by atoms with Crippen LogP contribution in [-0.4, -0.2) is 33.7 Å². The van der Waals surface area contributed by atoms with Crippen molar-refractivity contribution in [2.45, 2.75) is 19.8 Å². The third-order valence-electron chi connectivity index (χ3n) is 3.04. The maximum atomic E-state index is 12.2. The summed E-state index contributed by atoms with van der Waals surface area (Å²) in [6.07, 6.45) is 3.79. The van der Waals surface area contributed by atoms with Gasteiger partial charge >= 0.3 is 0 Å². The van der Waals surface area contributed by atoms with Gasteiger partial charge in [-0.3, -0.25) is 9.48 Å². The molecule has 5 heteroatoms. The van der Waals surface area contributed by atoms with E-state index in [1.165, 1.54) is 12.6 Å². The van der Waals surface area contributed by atoms with Crippen LogP contribution in [0.2, 0.25) is 5.02 Å². The molecule has 1 aliphatic heterocycles. The van der Waals surface area contributed by atoms with E-state index >= 15 is 0 Å². The minimum atomic E-state index is -0.00319. The van der Waals surface area contributed by atoms with Crippen molar-refractivity contribution in [3.8, 4) is 0 Å². The fraction of sp³-hybridized carbons (Fsp3) is 0.636. The summed E-state index contributed by atoms with van der Waals surface area (Å²) in [4.78, 5) is 14.1. The number of aromatic nitrogens is 2. The molecule has 1 unspecified atom stereocenters. The Balaban J connectivity index is 2.18. The highest BCUT2D eigenvalue weighted by molar-refractivity contribution is 6.33. The van der Waals surface area contributed by atoms with Crippen LogP contribution in [0, 0.1) is 5.92 Å². The van der Waals surface area contributed by atoms with Gasteiger partial charge in [-0.25, -0.2) is 0 Å². The summed E-state index contributed by atoms with van der Waals surface area (Å²) in [6, 6.07) is 0. The highest BCUT2D eigenvalue weighted by Gasteiger charge is 2.25. The second-order valence-corrected chi connectivity index (χ2v) is 4.87. The quantitative estimate of drug-likeness (QED) is 0.754. The molecule has 0 bridgehead atoms. The maximum Gasteiger partial charge on any atom is 0.273 e. The van der Waals surface area contributed by atoms with Crippen LogP contribution in [0.25, 0.3) is 0 Å². The van der Waals surface area contributed by atoms with Crippen molar-refractivity contribution in [2.75, 3.05) is 13.1 Å². The predicted molar refractivity (Wildman–Crippen MR) is 62.5 cm³/mol. The van der Waals surface area contributed by atoms with Crippen LogP contribution in [0.5, 0.6) is 0 Å². The van der Waals surface area contributed by atoms with Crippen molar-refractivity contribution in [3.63, 3.8) is 0 Å². The highest BCUT2D eigenvalue weighted by Crippen LogP contribution is 2.21. The summed E-state index contributed by atoms with van der Waals surface area (Å²) in [7, 11) is 1.74. The SMILES string of the molecule is CC1CCCN(C(=O)c2c(Cl)cnn2C)C1. The van der Waals surface area contributed by atoms with Crippen LogP contribution in [0.3, 0.4) is 0 Å². The van der Waals surface area contributed by atoms with Crippen LogP contribution in [0.4, 0.5) is 0 Å². The molecule has 1 aliphatic rings. The van der Waals surface area contributed by atoms with Crippen molar-refractivity contribution in [1.29, 1.82) is 0 Å². The molecule has 1 atom stereocenters. The normalized spacial score (nSPS) is 21.2. The molecule has 16 heavy (non-hydrogen) atoms. The Labute approximate surface area is 100 Å². The van der Waals surface area contributed by atoms with Gasteiger partial charge in [0.05, 0.1) is 11.2 Å². The Morgan fingerprint density at radius 3 is 2.94 bits per heavy atom. The van der Waals surface area contributed by atoms with Crippen molar-refractivity contribution in [3.05, 3.63) is 16.9 Å². The highest BCUT2D eigenvalue weighted by atomic mass is 35.5. The predicted octanol–water partition coefficient (Wildman–Crippen LogP) is 1.95. The van der Waals surface area contributed by atoms with Gasteiger partial charge in [-0.05, 0) is 18.8 Å². The second kappa shape index (κ2) is 4.45. The monoisotopic (exact) mass is 241 g/mol. The summed E-state index contributed by atoms with van der Waals surface area (Å²) < 4.78 is 1.55. The number of carbonyl (C=O) groups excluding carboxylic acids is 1. The van der Waals surface area contributed by atoms with E-state index in [1.807, 2.05) is 4.90 Å². The van der Waals surface area contributed by atoms with Crippen LogP contribution in [0.1, 0.15) is 30.3 Å². The summed E-state index contributed by atoms with van der Waals surface area (Å²) in [5.74, 6) is 0.571. The minimum Gasteiger partial charge on any atom is -0.337 e. The molecule has 2 heterocycles. The first-order valence-electron chi connectivity index (χ1n) is 5.56. The third kappa shape index (κ3) is 2.07. The van der Waals surface area contributed by atoms with Crippen molar-refractivity contribution < 1.29 is 4.79 Å². The van der Waals surface area contributed by atoms with Gasteiger partial charge in [0.2, 0.25) is 0 Å². The first kappa shape index (κ1) is 11.5. The van der Waals surface area contributed by atoms with Gasteiger partial charge in [0.15, 0.2) is 0 Å². The lowest BCUT2D eigenvalue weighted by atomic mass is 10.00. The first-order valence-corrected chi connectivity index (χ1v) is 5.94. The maximum absolute atomic E-state index is 12.2. The van der Waals surface area contributed by atoms with E-state index in [4.69, 9.17) is 11.6 Å². The van der Waals surface area contributed by atoms with Crippen LogP contribution < -0.4 is 0 Å². The number of nitrogens with zero attached hydrogens (tertiary/aromatic N) is 3. The molecule has 0 aliphatic carbocycles. The molecule has 1 fully saturated rings. The Hall–Kier alpha value is -1.03. The average molecular weight is 242 g/mol. The molecule has 2 rings (SSSR count). The Kier molecular flexibility index (Phi) is 3.19. The van der Waals surface area contributed by atoms with Crippen molar-refractivity contribution in [1.82, 2.24) is 14.7 Å². The fourth-order valence-electron chi connectivity index (χ4n) is 2.17. The van der Waals surface area contributed by atoms with Crippen LogP contribution >= 0.6 is 11.6 Å². The van der Waals surface area contributed by atoms with Gasteiger partial charge in [0, 0.05) is 20.1 Å². The summed E-state index contributed by atoms with van der Waals surface area (Å²) in [5, 5.41) is 4.42. The molecule has 4 nitrogen and oxygen atoms in total. The molecule has 0 saturated carbocycles. The largest absolute Gasteiger partial charge is 0.337 e. The van der Waals surface area contributed by atoms with Gasteiger partial charge in [-0.2, -0.15) is 5.10 Å². The lowest BCUT2D eigenvalue weighted by Gasteiger charge is -2.30. The number of likely N-dealkylation sites (tertiary alicyclic amines) is 1. The first-order chi connectivity index (χ1) is 7.59. The summed E-state index contributed by atoms with van der Waals surface area (Å²) in [6.45, 7) is 3.81. The number of halogens is 1. The van der Waals surface area contributed by atoms with Gasteiger partial charge in [-0.1, -0.05) is 18.5 Å². The molecule has 0 spiro atoms. The summed E-state index contributed by atoms with van der Waals surface area (Å²) in [5.41, 5.74) is 0.496. The van der Waals surface area contributed by atoms with E-state index in [-0.39, 0.29) is 5.91 Å². The van der Waals surface area contributed by atoms with Gasteiger partial charge < -0.3 is 4.90 Å². The fourth-order valence-corrected chi connectivity index (χ4v) is 2.42. The molecule has 0 radical (unpaired) electrons. The molecule has 1 aromatic heterocycles. The number of amides is 1. The third-order valence-corrected chi connectivity index (χ3v) is 3.32. The number of rotatable bonds is 1. The lowest BCUT2D eigenvalue weighted by Crippen LogP contribution is -2.40. The van der Waals surface area contributed by atoms with E-state index < -0.39 is 0 Å². The van der Waals surface area contributed by atoms with Gasteiger partial charge in [0.1, 0.15) is 5.69 Å². The number of aryl methyl sites for hydroxylation is 1. The molecule has 1 aromatic rings. The van der Waals surface area contributed by atoms with E-state index in [2.05, 4.69) is 12.0 Å². The minimum absolute atomic E-state index is 0.00319. The molecule has 1 amide bonds. The average Bonchev–Trinajstić information content (AvgIpc) is 2.58. The van der Waals surface area contributed by atoms with Gasteiger partial charge in [0.25, 0.3) is 5.91 Å². The zero-order valence-corrected chi connectivity index (χ0v) is 10.4.